The minimum Gasteiger partial charge on any atom is -0.492 e. The van der Waals surface area contributed by atoms with Crippen molar-refractivity contribution in [1.29, 1.82) is 0 Å². The SMILES string of the molecule is NC(=O)c1ccnc(NCCCNCCOc2ccccc2)n1. The molecule has 7 nitrogen and oxygen atoms in total. The number of nitrogens with zero attached hydrogens (tertiary/aromatic N) is 2. The lowest BCUT2D eigenvalue weighted by atomic mass is 10.3. The van der Waals surface area contributed by atoms with Gasteiger partial charge in [-0.1, -0.05) is 18.2 Å². The van der Waals surface area contributed by atoms with Gasteiger partial charge in [0.15, 0.2) is 0 Å². The van der Waals surface area contributed by atoms with Crippen molar-refractivity contribution in [3.05, 3.63) is 48.3 Å². The molecule has 2 aromatic rings. The van der Waals surface area contributed by atoms with Crippen molar-refractivity contribution in [3.63, 3.8) is 0 Å². The summed E-state index contributed by atoms with van der Waals surface area (Å²) in [7, 11) is 0. The second-order valence-corrected chi connectivity index (χ2v) is 4.82. The van der Waals surface area contributed by atoms with Crippen LogP contribution in [0.5, 0.6) is 5.75 Å². The van der Waals surface area contributed by atoms with Gasteiger partial charge in [0.25, 0.3) is 5.91 Å². The van der Waals surface area contributed by atoms with Crippen LogP contribution >= 0.6 is 0 Å². The van der Waals surface area contributed by atoms with E-state index in [-0.39, 0.29) is 5.69 Å². The Hall–Kier alpha value is -2.67. The van der Waals surface area contributed by atoms with E-state index >= 15 is 0 Å². The molecule has 0 saturated carbocycles. The van der Waals surface area contributed by atoms with E-state index in [0.29, 0.717) is 19.1 Å². The Morgan fingerprint density at radius 1 is 1.13 bits per heavy atom. The van der Waals surface area contributed by atoms with Gasteiger partial charge in [-0.2, -0.15) is 0 Å². The summed E-state index contributed by atoms with van der Waals surface area (Å²) in [5.41, 5.74) is 5.38. The van der Waals surface area contributed by atoms with Crippen LogP contribution in [0, 0.1) is 0 Å². The van der Waals surface area contributed by atoms with Gasteiger partial charge in [-0.3, -0.25) is 4.79 Å². The quantitative estimate of drug-likeness (QED) is 0.566. The Labute approximate surface area is 135 Å². The summed E-state index contributed by atoms with van der Waals surface area (Å²) in [4.78, 5) is 19.1. The third kappa shape index (κ3) is 6.31. The Balaban J connectivity index is 1.52. The number of para-hydroxylation sites is 1. The molecule has 23 heavy (non-hydrogen) atoms. The lowest BCUT2D eigenvalue weighted by molar-refractivity contribution is 0.0995. The minimum absolute atomic E-state index is 0.207. The summed E-state index contributed by atoms with van der Waals surface area (Å²) in [6.07, 6.45) is 2.41. The molecule has 122 valence electrons. The monoisotopic (exact) mass is 315 g/mol. The molecule has 1 amide bonds. The average Bonchev–Trinajstić information content (AvgIpc) is 2.58. The molecular weight excluding hydrogens is 294 g/mol. The lowest BCUT2D eigenvalue weighted by Gasteiger charge is -2.08. The number of ether oxygens (including phenoxy) is 1. The van der Waals surface area contributed by atoms with Gasteiger partial charge < -0.3 is 21.1 Å². The van der Waals surface area contributed by atoms with Gasteiger partial charge >= 0.3 is 0 Å². The standard InChI is InChI=1S/C16H21N5O2/c17-15(22)14-7-10-20-16(21-14)19-9-4-8-18-11-12-23-13-5-2-1-3-6-13/h1-3,5-7,10,18H,4,8-9,11-12H2,(H2,17,22)(H,19,20,21). The highest BCUT2D eigenvalue weighted by atomic mass is 16.5. The van der Waals surface area contributed by atoms with E-state index in [2.05, 4.69) is 20.6 Å². The van der Waals surface area contributed by atoms with Crippen molar-refractivity contribution < 1.29 is 9.53 Å². The third-order valence-corrected chi connectivity index (χ3v) is 3.01. The van der Waals surface area contributed by atoms with Crippen LogP contribution in [0.15, 0.2) is 42.6 Å². The third-order valence-electron chi connectivity index (χ3n) is 3.01. The number of aromatic nitrogens is 2. The molecule has 0 atom stereocenters. The maximum absolute atomic E-state index is 11.0. The molecule has 7 heteroatoms. The Bertz CT molecular complexity index is 606. The van der Waals surface area contributed by atoms with E-state index in [4.69, 9.17) is 10.5 Å². The number of nitrogens with one attached hydrogen (secondary N) is 2. The molecule has 0 radical (unpaired) electrons. The number of amides is 1. The largest absolute Gasteiger partial charge is 0.492 e. The molecule has 2 rings (SSSR count). The topological polar surface area (TPSA) is 102 Å². The summed E-state index contributed by atoms with van der Waals surface area (Å²) in [6.45, 7) is 2.96. The van der Waals surface area contributed by atoms with Gasteiger partial charge in [0.05, 0.1) is 0 Å². The van der Waals surface area contributed by atoms with E-state index in [0.717, 1.165) is 25.3 Å². The van der Waals surface area contributed by atoms with Crippen LogP contribution in [0.2, 0.25) is 0 Å². The Kier molecular flexibility index (Phi) is 6.80. The number of nitrogens with two attached hydrogens (primary N) is 1. The predicted octanol–water partition coefficient (Wildman–Crippen LogP) is 1.05. The summed E-state index contributed by atoms with van der Waals surface area (Å²) < 4.78 is 5.58. The molecule has 0 bridgehead atoms. The first-order chi connectivity index (χ1) is 11.3. The van der Waals surface area contributed by atoms with Gasteiger partial charge in [0, 0.05) is 19.3 Å². The molecular formula is C16H21N5O2. The number of hydrogen-bond donors (Lipinski definition) is 3. The molecule has 1 aromatic carbocycles. The average molecular weight is 315 g/mol. The summed E-state index contributed by atoms with van der Waals surface area (Å²) >= 11 is 0. The molecule has 1 aromatic heterocycles. The minimum atomic E-state index is -0.560. The van der Waals surface area contributed by atoms with Crippen molar-refractivity contribution >= 4 is 11.9 Å². The van der Waals surface area contributed by atoms with Gasteiger partial charge in [-0.25, -0.2) is 9.97 Å². The Morgan fingerprint density at radius 2 is 1.96 bits per heavy atom. The number of benzene rings is 1. The molecule has 4 N–H and O–H groups in total. The molecule has 0 spiro atoms. The highest BCUT2D eigenvalue weighted by molar-refractivity contribution is 5.90. The number of carbonyl (C=O) groups is 1. The van der Waals surface area contributed by atoms with Crippen molar-refractivity contribution in [2.24, 2.45) is 5.73 Å². The molecule has 0 fully saturated rings. The second-order valence-electron chi connectivity index (χ2n) is 4.82. The normalized spacial score (nSPS) is 10.3. The first-order valence-electron chi connectivity index (χ1n) is 7.51. The van der Waals surface area contributed by atoms with Gasteiger partial charge in [0.2, 0.25) is 5.95 Å². The highest BCUT2D eigenvalue weighted by Crippen LogP contribution is 2.07. The van der Waals surface area contributed by atoms with E-state index < -0.39 is 5.91 Å². The number of primary amides is 1. The fourth-order valence-corrected chi connectivity index (χ4v) is 1.88. The summed E-state index contributed by atoms with van der Waals surface area (Å²) in [5.74, 6) is 0.728. The maximum atomic E-state index is 11.0. The summed E-state index contributed by atoms with van der Waals surface area (Å²) in [6, 6.07) is 11.2. The zero-order valence-electron chi connectivity index (χ0n) is 12.9. The van der Waals surface area contributed by atoms with Crippen LogP contribution in [0.3, 0.4) is 0 Å². The van der Waals surface area contributed by atoms with E-state index in [9.17, 15) is 4.79 Å². The van der Waals surface area contributed by atoms with Crippen LogP contribution in [0.25, 0.3) is 0 Å². The van der Waals surface area contributed by atoms with Crippen molar-refractivity contribution in [3.8, 4) is 5.75 Å². The van der Waals surface area contributed by atoms with Crippen LogP contribution < -0.4 is 21.1 Å². The molecule has 0 aliphatic rings. The number of anilines is 1. The molecule has 1 heterocycles. The molecule has 0 unspecified atom stereocenters. The van der Waals surface area contributed by atoms with Crippen molar-refractivity contribution in [2.75, 3.05) is 31.6 Å². The molecule has 0 aliphatic carbocycles. The maximum Gasteiger partial charge on any atom is 0.267 e. The van der Waals surface area contributed by atoms with Crippen LogP contribution in [-0.2, 0) is 0 Å². The zero-order chi connectivity index (χ0) is 16.3. The van der Waals surface area contributed by atoms with E-state index in [1.54, 1.807) is 0 Å². The Morgan fingerprint density at radius 3 is 2.74 bits per heavy atom. The number of hydrogen-bond acceptors (Lipinski definition) is 6. The lowest BCUT2D eigenvalue weighted by Crippen LogP contribution is -2.24. The second kappa shape index (κ2) is 9.37. The summed E-state index contributed by atoms with van der Waals surface area (Å²) in [5, 5.41) is 6.35. The van der Waals surface area contributed by atoms with Crippen molar-refractivity contribution in [1.82, 2.24) is 15.3 Å². The fourth-order valence-electron chi connectivity index (χ4n) is 1.88. The smallest absolute Gasteiger partial charge is 0.267 e. The van der Waals surface area contributed by atoms with E-state index in [1.807, 2.05) is 30.3 Å². The fraction of sp³-hybridized carbons (Fsp3) is 0.312. The highest BCUT2D eigenvalue weighted by Gasteiger charge is 2.03. The van der Waals surface area contributed by atoms with Gasteiger partial charge in [-0.05, 0) is 31.2 Å². The van der Waals surface area contributed by atoms with Gasteiger partial charge in [-0.15, -0.1) is 0 Å². The van der Waals surface area contributed by atoms with E-state index in [1.165, 1.54) is 12.3 Å². The number of rotatable bonds is 10. The van der Waals surface area contributed by atoms with Gasteiger partial charge in [0.1, 0.15) is 18.1 Å². The first-order valence-corrected chi connectivity index (χ1v) is 7.51. The number of carbonyl (C=O) groups excluding carboxylic acids is 1. The zero-order valence-corrected chi connectivity index (χ0v) is 12.9. The van der Waals surface area contributed by atoms with Crippen LogP contribution in [-0.4, -0.2) is 42.1 Å². The van der Waals surface area contributed by atoms with Crippen molar-refractivity contribution in [2.45, 2.75) is 6.42 Å². The van der Waals surface area contributed by atoms with Crippen LogP contribution in [0.1, 0.15) is 16.9 Å². The molecule has 0 saturated heterocycles. The molecule has 0 aliphatic heterocycles. The van der Waals surface area contributed by atoms with Crippen LogP contribution in [0.4, 0.5) is 5.95 Å². The first kappa shape index (κ1) is 16.7. The predicted molar refractivity (Wildman–Crippen MR) is 88.5 cm³/mol.